The number of benzene rings is 3. The molecule has 2 radical (unpaired) electrons. The van der Waals surface area contributed by atoms with Crippen LogP contribution in [0.1, 0.15) is 34.7 Å². The first-order chi connectivity index (χ1) is 18.3. The summed E-state index contributed by atoms with van der Waals surface area (Å²) in [5.74, 6) is -0.631. The van der Waals surface area contributed by atoms with Gasteiger partial charge in [0.05, 0.1) is 28.1 Å². The molecule has 0 atom stereocenters. The number of sulfone groups is 1. The summed E-state index contributed by atoms with van der Waals surface area (Å²) in [6.07, 6.45) is 3.64. The van der Waals surface area contributed by atoms with E-state index < -0.39 is 31.6 Å². The van der Waals surface area contributed by atoms with E-state index >= 15 is 0 Å². The van der Waals surface area contributed by atoms with E-state index in [2.05, 4.69) is 5.32 Å². The maximum atomic E-state index is 13.6. The van der Waals surface area contributed by atoms with Crippen molar-refractivity contribution in [3.8, 4) is 11.3 Å². The maximum absolute atomic E-state index is 13.6. The van der Waals surface area contributed by atoms with E-state index in [1.54, 1.807) is 12.1 Å². The molecule has 5 rings (SSSR count). The van der Waals surface area contributed by atoms with Crippen LogP contribution >= 0.6 is 0 Å². The number of fused-ring (bicyclic) bond motifs is 1. The van der Waals surface area contributed by atoms with Gasteiger partial charge in [0.25, 0.3) is 5.91 Å². The molecule has 0 spiro atoms. The first-order valence-corrected chi connectivity index (χ1v) is 15.7. The predicted octanol–water partition coefficient (Wildman–Crippen LogP) is 3.77. The molecular weight excluding hydrogens is 542 g/mol. The molecule has 0 bridgehead atoms. The third kappa shape index (κ3) is 5.06. The van der Waals surface area contributed by atoms with E-state index in [0.29, 0.717) is 16.5 Å². The second kappa shape index (κ2) is 9.53. The Hall–Kier alpha value is -3.64. The minimum absolute atomic E-state index is 0.00207. The molecule has 39 heavy (non-hydrogen) atoms. The number of nitrogens with zero attached hydrogens (tertiary/aromatic N) is 1. The van der Waals surface area contributed by atoms with Crippen molar-refractivity contribution in [3.63, 3.8) is 0 Å². The van der Waals surface area contributed by atoms with Gasteiger partial charge >= 0.3 is 0 Å². The minimum Gasteiger partial charge on any atom is -0.455 e. The zero-order valence-corrected chi connectivity index (χ0v) is 23.0. The lowest BCUT2D eigenvalue weighted by Crippen LogP contribution is -2.27. The molecule has 0 saturated heterocycles. The van der Waals surface area contributed by atoms with Gasteiger partial charge in [-0.15, -0.1) is 0 Å². The largest absolute Gasteiger partial charge is 0.455 e. The molecule has 1 aromatic heterocycles. The lowest BCUT2D eigenvalue weighted by Gasteiger charge is -2.26. The summed E-state index contributed by atoms with van der Waals surface area (Å²) >= 11 is 0. The Morgan fingerprint density at radius 3 is 2.26 bits per heavy atom. The van der Waals surface area contributed by atoms with Gasteiger partial charge < -0.3 is 9.73 Å². The standard InChI is InChI=1S/C27H24BFN2O6S2/c1-30-27(32)25-20-13-19(15-4-5-15)22(14-23(20)37-26(25)16-6-8-17(29)9-7-16)31(39(3,35)36)18-10-11-21(28)24(12-18)38(2,33)34/h6-15H,4-5H2,1-3H3,(H,30,32). The van der Waals surface area contributed by atoms with Crippen LogP contribution in [0.3, 0.4) is 0 Å². The predicted molar refractivity (Wildman–Crippen MR) is 149 cm³/mol. The summed E-state index contributed by atoms with van der Waals surface area (Å²) in [5, 5.41) is 3.08. The Labute approximate surface area is 227 Å². The van der Waals surface area contributed by atoms with Gasteiger partial charge in [-0.25, -0.2) is 25.5 Å². The van der Waals surface area contributed by atoms with E-state index in [9.17, 15) is 26.0 Å². The number of anilines is 2. The van der Waals surface area contributed by atoms with Gasteiger partial charge in [-0.1, -0.05) is 11.5 Å². The van der Waals surface area contributed by atoms with Gasteiger partial charge in [0.2, 0.25) is 10.0 Å². The number of halogens is 1. The number of hydrogen-bond donors (Lipinski definition) is 1. The summed E-state index contributed by atoms with van der Waals surface area (Å²) in [7, 11) is -0.368. The molecule has 1 aliphatic carbocycles. The molecule has 4 aromatic rings. The number of hydrogen-bond acceptors (Lipinski definition) is 6. The number of amides is 1. The second-order valence-corrected chi connectivity index (χ2v) is 13.4. The number of nitrogens with one attached hydrogen (secondary N) is 1. The Bertz CT molecular complexity index is 1850. The average Bonchev–Trinajstić information content (AvgIpc) is 3.63. The van der Waals surface area contributed by atoms with Crippen LogP contribution in [-0.4, -0.2) is 50.1 Å². The van der Waals surface area contributed by atoms with Crippen molar-refractivity contribution in [3.05, 3.63) is 71.5 Å². The average molecular weight is 566 g/mol. The van der Waals surface area contributed by atoms with Crippen LogP contribution < -0.4 is 15.1 Å². The Morgan fingerprint density at radius 1 is 1.03 bits per heavy atom. The number of carbonyl (C=O) groups is 1. The highest BCUT2D eigenvalue weighted by atomic mass is 32.2. The summed E-state index contributed by atoms with van der Waals surface area (Å²) in [6.45, 7) is 0. The molecule has 0 unspecified atom stereocenters. The Balaban J connectivity index is 1.81. The van der Waals surface area contributed by atoms with Gasteiger partial charge in [-0.3, -0.25) is 4.79 Å². The Morgan fingerprint density at radius 2 is 1.69 bits per heavy atom. The molecule has 3 aromatic carbocycles. The van der Waals surface area contributed by atoms with Crippen LogP contribution in [-0.2, 0) is 19.9 Å². The molecule has 1 N–H and O–H groups in total. The molecule has 1 amide bonds. The number of carbonyl (C=O) groups excluding carboxylic acids is 1. The molecule has 200 valence electrons. The molecule has 0 aliphatic heterocycles. The van der Waals surface area contributed by atoms with Crippen molar-refractivity contribution in [1.29, 1.82) is 0 Å². The van der Waals surface area contributed by atoms with E-state index in [4.69, 9.17) is 12.3 Å². The normalized spacial score (nSPS) is 13.9. The third-order valence-corrected chi connectivity index (χ3v) is 8.82. The summed E-state index contributed by atoms with van der Waals surface area (Å²) in [4.78, 5) is 12.8. The van der Waals surface area contributed by atoms with Crippen molar-refractivity contribution in [2.24, 2.45) is 0 Å². The lowest BCUT2D eigenvalue weighted by molar-refractivity contribution is 0.0964. The quantitative estimate of drug-likeness (QED) is 0.341. The first-order valence-electron chi connectivity index (χ1n) is 12.0. The first kappa shape index (κ1) is 27.0. The van der Waals surface area contributed by atoms with Crippen LogP contribution in [0.25, 0.3) is 22.3 Å². The van der Waals surface area contributed by atoms with Crippen molar-refractivity contribution in [1.82, 2.24) is 5.32 Å². The fourth-order valence-electron chi connectivity index (χ4n) is 4.68. The molecule has 1 aliphatic rings. The van der Waals surface area contributed by atoms with E-state index in [0.717, 1.165) is 29.7 Å². The van der Waals surface area contributed by atoms with E-state index in [-0.39, 0.29) is 44.6 Å². The van der Waals surface area contributed by atoms with Crippen LogP contribution in [0.5, 0.6) is 0 Å². The molecule has 8 nitrogen and oxygen atoms in total. The highest BCUT2D eigenvalue weighted by Gasteiger charge is 2.34. The van der Waals surface area contributed by atoms with Gasteiger partial charge in [-0.05, 0) is 66.8 Å². The fraction of sp³-hybridized carbons (Fsp3) is 0.222. The van der Waals surface area contributed by atoms with Gasteiger partial charge in [0, 0.05) is 30.3 Å². The van der Waals surface area contributed by atoms with Crippen molar-refractivity contribution in [2.45, 2.75) is 23.7 Å². The zero-order valence-electron chi connectivity index (χ0n) is 21.4. The van der Waals surface area contributed by atoms with E-state index in [1.807, 2.05) is 0 Å². The van der Waals surface area contributed by atoms with Gasteiger partial charge in [0.15, 0.2) is 9.84 Å². The highest BCUT2D eigenvalue weighted by molar-refractivity contribution is 7.92. The Kier molecular flexibility index (Phi) is 6.58. The van der Waals surface area contributed by atoms with Crippen molar-refractivity contribution >= 4 is 61.4 Å². The second-order valence-electron chi connectivity index (χ2n) is 9.60. The topological polar surface area (TPSA) is 114 Å². The smallest absolute Gasteiger partial charge is 0.255 e. The molecule has 1 fully saturated rings. The maximum Gasteiger partial charge on any atom is 0.255 e. The third-order valence-electron chi connectivity index (χ3n) is 6.60. The number of rotatable bonds is 7. The van der Waals surface area contributed by atoms with Crippen LogP contribution in [0, 0.1) is 5.82 Å². The summed E-state index contributed by atoms with van der Waals surface area (Å²) in [6, 6.07) is 12.8. The molecule has 12 heteroatoms. The molecular formula is C27H24BFN2O6S2. The van der Waals surface area contributed by atoms with E-state index in [1.165, 1.54) is 49.5 Å². The van der Waals surface area contributed by atoms with Crippen molar-refractivity contribution in [2.75, 3.05) is 23.9 Å². The highest BCUT2D eigenvalue weighted by Crippen LogP contribution is 2.49. The van der Waals surface area contributed by atoms with Gasteiger partial charge in [0.1, 0.15) is 25.0 Å². The monoisotopic (exact) mass is 566 g/mol. The SMILES string of the molecule is [B]c1ccc(N(c2cc3oc(-c4ccc(F)cc4)c(C(=O)NC)c3cc2C2CC2)S(C)(=O)=O)cc1S(C)(=O)=O. The number of sulfonamides is 1. The van der Waals surface area contributed by atoms with Crippen LogP contribution in [0.4, 0.5) is 15.8 Å². The minimum atomic E-state index is -3.99. The van der Waals surface area contributed by atoms with Crippen molar-refractivity contribution < 1.29 is 30.4 Å². The van der Waals surface area contributed by atoms with Crippen LogP contribution in [0.15, 0.2) is 63.9 Å². The lowest BCUT2D eigenvalue weighted by atomic mass is 9.96. The molecule has 1 saturated carbocycles. The zero-order chi connectivity index (χ0) is 28.3. The fourth-order valence-corrected chi connectivity index (χ4v) is 6.52. The van der Waals surface area contributed by atoms with Gasteiger partial charge in [-0.2, -0.15) is 0 Å². The number of furan rings is 1. The molecule has 1 heterocycles. The summed E-state index contributed by atoms with van der Waals surface area (Å²) < 4.78 is 71.9. The summed E-state index contributed by atoms with van der Waals surface area (Å²) in [5.41, 5.74) is 1.98. The van der Waals surface area contributed by atoms with Crippen LogP contribution in [0.2, 0.25) is 0 Å².